The SMILES string of the molecule is COC(=O)c1ccc(OCCCN2C[C@@H](C)O[C@@H](C)C2)cc1. The van der Waals surface area contributed by atoms with Crippen LogP contribution in [0.5, 0.6) is 5.75 Å². The minimum atomic E-state index is -0.331. The van der Waals surface area contributed by atoms with E-state index in [1.54, 1.807) is 24.3 Å². The number of benzene rings is 1. The number of hydrogen-bond donors (Lipinski definition) is 0. The second-order valence-corrected chi connectivity index (χ2v) is 5.73. The summed E-state index contributed by atoms with van der Waals surface area (Å²) in [6.07, 6.45) is 1.57. The summed E-state index contributed by atoms with van der Waals surface area (Å²) in [7, 11) is 1.38. The third-order valence-electron chi connectivity index (χ3n) is 3.66. The third kappa shape index (κ3) is 5.00. The number of ether oxygens (including phenoxy) is 3. The fourth-order valence-electron chi connectivity index (χ4n) is 2.75. The molecule has 22 heavy (non-hydrogen) atoms. The average Bonchev–Trinajstić information content (AvgIpc) is 2.50. The Balaban J connectivity index is 1.69. The Bertz CT molecular complexity index is 464. The molecular formula is C17H25NO4. The maximum Gasteiger partial charge on any atom is 0.337 e. The largest absolute Gasteiger partial charge is 0.494 e. The summed E-state index contributed by atoms with van der Waals surface area (Å²) in [5.74, 6) is 0.443. The monoisotopic (exact) mass is 307 g/mol. The van der Waals surface area contributed by atoms with Crippen molar-refractivity contribution in [1.29, 1.82) is 0 Å². The van der Waals surface area contributed by atoms with E-state index in [9.17, 15) is 4.79 Å². The van der Waals surface area contributed by atoms with E-state index >= 15 is 0 Å². The van der Waals surface area contributed by atoms with Crippen LogP contribution in [0.3, 0.4) is 0 Å². The molecule has 2 atom stereocenters. The number of esters is 1. The van der Waals surface area contributed by atoms with Crippen molar-refractivity contribution < 1.29 is 19.0 Å². The second kappa shape index (κ2) is 8.15. The number of morpholine rings is 1. The molecule has 2 rings (SSSR count). The lowest BCUT2D eigenvalue weighted by atomic mass is 10.2. The van der Waals surface area contributed by atoms with E-state index in [-0.39, 0.29) is 5.97 Å². The van der Waals surface area contributed by atoms with Crippen molar-refractivity contribution in [3.63, 3.8) is 0 Å². The lowest BCUT2D eigenvalue weighted by molar-refractivity contribution is -0.0686. The van der Waals surface area contributed by atoms with Crippen molar-refractivity contribution in [1.82, 2.24) is 4.90 Å². The van der Waals surface area contributed by atoms with Gasteiger partial charge in [-0.3, -0.25) is 4.90 Å². The van der Waals surface area contributed by atoms with E-state index in [0.717, 1.165) is 31.8 Å². The quantitative estimate of drug-likeness (QED) is 0.596. The number of rotatable bonds is 6. The fourth-order valence-corrected chi connectivity index (χ4v) is 2.75. The summed E-state index contributed by atoms with van der Waals surface area (Å²) in [5, 5.41) is 0. The number of carbonyl (C=O) groups is 1. The van der Waals surface area contributed by atoms with Gasteiger partial charge in [0, 0.05) is 19.6 Å². The van der Waals surface area contributed by atoms with E-state index < -0.39 is 0 Å². The van der Waals surface area contributed by atoms with Crippen molar-refractivity contribution in [3.05, 3.63) is 29.8 Å². The van der Waals surface area contributed by atoms with Crippen molar-refractivity contribution in [2.24, 2.45) is 0 Å². The van der Waals surface area contributed by atoms with Crippen LogP contribution in [0.25, 0.3) is 0 Å². The van der Waals surface area contributed by atoms with Crippen molar-refractivity contribution in [2.75, 3.05) is 33.4 Å². The van der Waals surface area contributed by atoms with Crippen molar-refractivity contribution in [3.8, 4) is 5.75 Å². The fraction of sp³-hybridized carbons (Fsp3) is 0.588. The first-order chi connectivity index (χ1) is 10.6. The third-order valence-corrected chi connectivity index (χ3v) is 3.66. The summed E-state index contributed by atoms with van der Waals surface area (Å²) < 4.78 is 16.1. The number of carbonyl (C=O) groups excluding carboxylic acids is 1. The molecule has 0 saturated carbocycles. The van der Waals surface area contributed by atoms with Gasteiger partial charge in [-0.1, -0.05) is 0 Å². The molecule has 0 amide bonds. The summed E-state index contributed by atoms with van der Waals surface area (Å²) in [6, 6.07) is 7.02. The molecule has 1 aromatic rings. The second-order valence-electron chi connectivity index (χ2n) is 5.73. The van der Waals surface area contributed by atoms with Crippen LogP contribution < -0.4 is 4.74 Å². The predicted octanol–water partition coefficient (Wildman–Crippen LogP) is 2.35. The van der Waals surface area contributed by atoms with Gasteiger partial charge in [0.2, 0.25) is 0 Å². The molecule has 5 nitrogen and oxygen atoms in total. The van der Waals surface area contributed by atoms with Gasteiger partial charge < -0.3 is 14.2 Å². The first-order valence-electron chi connectivity index (χ1n) is 7.77. The zero-order valence-corrected chi connectivity index (χ0v) is 13.6. The van der Waals surface area contributed by atoms with E-state index in [1.165, 1.54) is 7.11 Å². The van der Waals surface area contributed by atoms with Crippen molar-refractivity contribution in [2.45, 2.75) is 32.5 Å². The molecule has 1 aliphatic rings. The number of methoxy groups -OCH3 is 1. The van der Waals surface area contributed by atoms with Gasteiger partial charge in [-0.05, 0) is 44.5 Å². The molecule has 1 heterocycles. The molecule has 1 aliphatic heterocycles. The Morgan fingerprint density at radius 3 is 2.45 bits per heavy atom. The Morgan fingerprint density at radius 2 is 1.86 bits per heavy atom. The highest BCUT2D eigenvalue weighted by Crippen LogP contribution is 2.14. The zero-order valence-electron chi connectivity index (χ0n) is 13.6. The van der Waals surface area contributed by atoms with Crippen molar-refractivity contribution >= 4 is 5.97 Å². The van der Waals surface area contributed by atoms with Gasteiger partial charge in [0.15, 0.2) is 0 Å². The molecule has 0 bridgehead atoms. The normalized spacial score (nSPS) is 22.3. The van der Waals surface area contributed by atoms with Crippen LogP contribution in [-0.4, -0.2) is 56.4 Å². The molecule has 0 unspecified atom stereocenters. The maximum absolute atomic E-state index is 11.3. The number of nitrogens with zero attached hydrogens (tertiary/aromatic N) is 1. The van der Waals surface area contributed by atoms with Crippen LogP contribution in [0.4, 0.5) is 0 Å². The minimum Gasteiger partial charge on any atom is -0.494 e. The molecule has 0 radical (unpaired) electrons. The topological polar surface area (TPSA) is 48.0 Å². The van der Waals surface area contributed by atoms with Crippen LogP contribution in [0.15, 0.2) is 24.3 Å². The average molecular weight is 307 g/mol. The highest BCUT2D eigenvalue weighted by molar-refractivity contribution is 5.89. The van der Waals surface area contributed by atoms with E-state index in [2.05, 4.69) is 23.5 Å². The molecule has 5 heteroatoms. The predicted molar refractivity (Wildman–Crippen MR) is 84.3 cm³/mol. The molecule has 0 aliphatic carbocycles. The van der Waals surface area contributed by atoms with E-state index in [0.29, 0.717) is 24.4 Å². The van der Waals surface area contributed by atoms with Gasteiger partial charge >= 0.3 is 5.97 Å². The Kier molecular flexibility index (Phi) is 6.21. The van der Waals surface area contributed by atoms with Crippen LogP contribution in [0.1, 0.15) is 30.6 Å². The molecule has 1 saturated heterocycles. The molecule has 1 fully saturated rings. The van der Waals surface area contributed by atoms with Crippen LogP contribution >= 0.6 is 0 Å². The van der Waals surface area contributed by atoms with Crippen LogP contribution in [0.2, 0.25) is 0 Å². The smallest absolute Gasteiger partial charge is 0.337 e. The standard InChI is InChI=1S/C17H25NO4/c1-13-11-18(12-14(2)22-13)9-4-10-21-16-7-5-15(6-8-16)17(19)20-3/h5-8,13-14H,4,9-12H2,1-3H3/t13-,14+. The van der Waals surface area contributed by atoms with E-state index in [1.807, 2.05) is 0 Å². The van der Waals surface area contributed by atoms with Gasteiger partial charge in [0.25, 0.3) is 0 Å². The summed E-state index contributed by atoms with van der Waals surface area (Å²) in [5.41, 5.74) is 0.533. The molecule has 0 spiro atoms. The van der Waals surface area contributed by atoms with Crippen LogP contribution in [0, 0.1) is 0 Å². The Labute approximate surface area is 132 Å². The molecule has 1 aromatic carbocycles. The van der Waals surface area contributed by atoms with Gasteiger partial charge in [-0.15, -0.1) is 0 Å². The summed E-state index contributed by atoms with van der Waals surface area (Å²) >= 11 is 0. The highest BCUT2D eigenvalue weighted by Gasteiger charge is 2.21. The molecule has 0 aromatic heterocycles. The van der Waals surface area contributed by atoms with Gasteiger partial charge in [-0.2, -0.15) is 0 Å². The highest BCUT2D eigenvalue weighted by atomic mass is 16.5. The number of hydrogen-bond acceptors (Lipinski definition) is 5. The van der Waals surface area contributed by atoms with E-state index in [4.69, 9.17) is 9.47 Å². The molecule has 0 N–H and O–H groups in total. The minimum absolute atomic E-state index is 0.301. The summed E-state index contributed by atoms with van der Waals surface area (Å²) in [6.45, 7) is 7.87. The zero-order chi connectivity index (χ0) is 15.9. The lowest BCUT2D eigenvalue weighted by Crippen LogP contribution is -2.45. The van der Waals surface area contributed by atoms with Gasteiger partial charge in [-0.25, -0.2) is 4.79 Å². The lowest BCUT2D eigenvalue weighted by Gasteiger charge is -2.35. The Hall–Kier alpha value is -1.59. The Morgan fingerprint density at radius 1 is 1.23 bits per heavy atom. The molecule has 122 valence electrons. The molecular weight excluding hydrogens is 282 g/mol. The first-order valence-corrected chi connectivity index (χ1v) is 7.77. The van der Waals surface area contributed by atoms with Gasteiger partial charge in [0.05, 0.1) is 31.5 Å². The maximum atomic E-state index is 11.3. The first kappa shape index (κ1) is 16.8. The van der Waals surface area contributed by atoms with Gasteiger partial charge in [0.1, 0.15) is 5.75 Å². The van der Waals surface area contributed by atoms with Crippen LogP contribution in [-0.2, 0) is 9.47 Å². The summed E-state index contributed by atoms with van der Waals surface area (Å²) in [4.78, 5) is 13.8.